The molecule has 0 aliphatic carbocycles. The van der Waals surface area contributed by atoms with E-state index in [0.29, 0.717) is 11.6 Å². The Balaban J connectivity index is 1.87. The van der Waals surface area contributed by atoms with Gasteiger partial charge in [-0.25, -0.2) is 0 Å². The largest absolute Gasteiger partial charge is 0.375 e. The molecule has 2 atom stereocenters. The molecule has 0 saturated carbocycles. The topological polar surface area (TPSA) is 20.3 Å². The number of piperidine rings is 1. The molecular formula is C20H20ClNOS. The van der Waals surface area contributed by atoms with Gasteiger partial charge in [-0.05, 0) is 43.0 Å². The smallest absolute Gasteiger partial charge is 0.157 e. The lowest BCUT2D eigenvalue weighted by Crippen LogP contribution is -2.45. The van der Waals surface area contributed by atoms with Crippen LogP contribution in [-0.4, -0.2) is 29.0 Å². The van der Waals surface area contributed by atoms with Crippen LogP contribution in [0, 0.1) is 0 Å². The second kappa shape index (κ2) is 7.91. The van der Waals surface area contributed by atoms with Gasteiger partial charge in [-0.15, -0.1) is 11.8 Å². The zero-order valence-electron chi connectivity index (χ0n) is 13.6. The van der Waals surface area contributed by atoms with Crippen molar-refractivity contribution in [3.63, 3.8) is 0 Å². The first-order chi connectivity index (χ1) is 11.7. The molecule has 124 valence electrons. The summed E-state index contributed by atoms with van der Waals surface area (Å²) in [4.78, 5) is 16.4. The fourth-order valence-electron chi connectivity index (χ4n) is 3.01. The molecule has 0 spiro atoms. The number of benzene rings is 2. The molecule has 0 amide bonds. The fourth-order valence-corrected chi connectivity index (χ4v) is 4.40. The van der Waals surface area contributed by atoms with Crippen molar-refractivity contribution in [2.75, 3.05) is 13.1 Å². The van der Waals surface area contributed by atoms with Crippen LogP contribution in [0.2, 0.25) is 5.02 Å². The van der Waals surface area contributed by atoms with Crippen molar-refractivity contribution in [1.29, 1.82) is 0 Å². The maximum absolute atomic E-state index is 13.1. The van der Waals surface area contributed by atoms with Crippen LogP contribution in [0.3, 0.4) is 0 Å². The molecule has 1 heterocycles. The average molecular weight is 358 g/mol. The summed E-state index contributed by atoms with van der Waals surface area (Å²) in [5.41, 5.74) is 1.00. The molecule has 0 N–H and O–H groups in total. The lowest BCUT2D eigenvalue weighted by molar-refractivity contribution is -0.122. The number of carbonyl (C=O) groups is 1. The Morgan fingerprint density at radius 3 is 2.62 bits per heavy atom. The third kappa shape index (κ3) is 4.03. The molecule has 4 heteroatoms. The number of likely N-dealkylation sites (tertiary alicyclic amines) is 1. The van der Waals surface area contributed by atoms with E-state index in [1.807, 2.05) is 55.5 Å². The van der Waals surface area contributed by atoms with E-state index < -0.39 is 0 Å². The number of hydrogen-bond donors (Lipinski definition) is 0. The van der Waals surface area contributed by atoms with Crippen LogP contribution in [0.1, 0.15) is 18.4 Å². The predicted molar refractivity (Wildman–Crippen MR) is 102 cm³/mol. The highest BCUT2D eigenvalue weighted by Gasteiger charge is 2.35. The summed E-state index contributed by atoms with van der Waals surface area (Å²) in [6.07, 6.45) is 4.09. The lowest BCUT2D eigenvalue weighted by atomic mass is 9.89. The van der Waals surface area contributed by atoms with E-state index in [0.717, 1.165) is 17.0 Å². The number of carbonyl (C=O) groups excluding carboxylic acids is 1. The van der Waals surface area contributed by atoms with E-state index in [-0.39, 0.29) is 17.0 Å². The molecule has 3 rings (SSSR count). The minimum absolute atomic E-state index is 0.0821. The monoisotopic (exact) mass is 357 g/mol. The fraction of sp³-hybridized carbons (Fsp3) is 0.250. The van der Waals surface area contributed by atoms with Crippen LogP contribution in [0.25, 0.3) is 0 Å². The third-order valence-corrected chi connectivity index (χ3v) is 5.56. The van der Waals surface area contributed by atoms with Gasteiger partial charge in [0.25, 0.3) is 0 Å². The van der Waals surface area contributed by atoms with Gasteiger partial charge in [-0.3, -0.25) is 4.79 Å². The zero-order chi connectivity index (χ0) is 16.9. The van der Waals surface area contributed by atoms with Crippen molar-refractivity contribution in [3.05, 3.63) is 77.5 Å². The molecule has 1 fully saturated rings. The van der Waals surface area contributed by atoms with Gasteiger partial charge in [-0.1, -0.05) is 48.0 Å². The molecule has 0 aromatic heterocycles. The van der Waals surface area contributed by atoms with Gasteiger partial charge in [0.1, 0.15) is 0 Å². The number of rotatable bonds is 4. The van der Waals surface area contributed by atoms with E-state index in [9.17, 15) is 4.79 Å². The minimum atomic E-state index is -0.144. The predicted octanol–water partition coefficient (Wildman–Crippen LogP) is 5.00. The van der Waals surface area contributed by atoms with Crippen molar-refractivity contribution in [2.45, 2.75) is 23.0 Å². The van der Waals surface area contributed by atoms with Crippen LogP contribution >= 0.6 is 23.4 Å². The van der Waals surface area contributed by atoms with E-state index >= 15 is 0 Å². The minimum Gasteiger partial charge on any atom is -0.375 e. The highest BCUT2D eigenvalue weighted by atomic mass is 35.5. The lowest BCUT2D eigenvalue weighted by Gasteiger charge is -2.36. The van der Waals surface area contributed by atoms with Gasteiger partial charge in [0.05, 0.1) is 11.2 Å². The van der Waals surface area contributed by atoms with Gasteiger partial charge < -0.3 is 4.90 Å². The van der Waals surface area contributed by atoms with Crippen LogP contribution in [0.4, 0.5) is 0 Å². The van der Waals surface area contributed by atoms with Gasteiger partial charge in [0.2, 0.25) is 0 Å². The number of nitrogens with zero attached hydrogens (tertiary/aromatic N) is 1. The van der Waals surface area contributed by atoms with E-state index in [1.54, 1.807) is 11.8 Å². The standard InChI is InChI=1S/C20H20ClNOS/c1-2-11-22-13-18(15-7-6-8-16(21)12-15)20(23)19(14-22)24-17-9-4-3-5-10-17/h2-12,18-19H,13-14H2,1H3. The summed E-state index contributed by atoms with van der Waals surface area (Å²) < 4.78 is 0. The van der Waals surface area contributed by atoms with Crippen LogP contribution in [-0.2, 0) is 4.79 Å². The van der Waals surface area contributed by atoms with Gasteiger partial charge in [-0.2, -0.15) is 0 Å². The Hall–Kier alpha value is -1.71. The highest BCUT2D eigenvalue weighted by molar-refractivity contribution is 8.00. The number of thioether (sulfide) groups is 1. The first-order valence-electron chi connectivity index (χ1n) is 8.05. The second-order valence-electron chi connectivity index (χ2n) is 5.87. The van der Waals surface area contributed by atoms with E-state index in [4.69, 9.17) is 11.6 Å². The molecule has 1 aliphatic rings. The number of allylic oxidation sites excluding steroid dienone is 1. The van der Waals surface area contributed by atoms with Crippen molar-refractivity contribution < 1.29 is 4.79 Å². The Morgan fingerprint density at radius 2 is 1.92 bits per heavy atom. The summed E-state index contributed by atoms with van der Waals surface area (Å²) in [7, 11) is 0. The van der Waals surface area contributed by atoms with Crippen molar-refractivity contribution >= 4 is 29.1 Å². The number of hydrogen-bond acceptors (Lipinski definition) is 3. The molecule has 0 bridgehead atoms. The number of Topliss-reactive ketones (excluding diaryl/α,β-unsaturated/α-hetero) is 1. The summed E-state index contributed by atoms with van der Waals surface area (Å²) in [6, 6.07) is 17.8. The maximum atomic E-state index is 13.1. The molecule has 24 heavy (non-hydrogen) atoms. The summed E-state index contributed by atoms with van der Waals surface area (Å²) in [5, 5.41) is 0.594. The first-order valence-corrected chi connectivity index (χ1v) is 9.31. The third-order valence-electron chi connectivity index (χ3n) is 4.11. The summed E-state index contributed by atoms with van der Waals surface area (Å²) in [6.45, 7) is 3.44. The number of halogens is 1. The Bertz CT molecular complexity index is 731. The normalized spacial score (nSPS) is 21.4. The summed E-state index contributed by atoms with van der Waals surface area (Å²) >= 11 is 7.78. The van der Waals surface area contributed by atoms with Crippen molar-refractivity contribution in [1.82, 2.24) is 4.90 Å². The molecule has 2 aromatic carbocycles. The van der Waals surface area contributed by atoms with E-state index in [2.05, 4.69) is 23.2 Å². The number of ketones is 1. The molecule has 2 aromatic rings. The van der Waals surface area contributed by atoms with Crippen LogP contribution in [0.15, 0.2) is 71.8 Å². The van der Waals surface area contributed by atoms with Crippen molar-refractivity contribution in [3.8, 4) is 0 Å². The Labute approximate surface area is 152 Å². The quantitative estimate of drug-likeness (QED) is 0.767. The molecule has 2 unspecified atom stereocenters. The Kier molecular flexibility index (Phi) is 5.64. The highest BCUT2D eigenvalue weighted by Crippen LogP contribution is 2.34. The zero-order valence-corrected chi connectivity index (χ0v) is 15.1. The Morgan fingerprint density at radius 1 is 1.12 bits per heavy atom. The van der Waals surface area contributed by atoms with Crippen molar-refractivity contribution in [2.24, 2.45) is 0 Å². The first kappa shape index (κ1) is 17.1. The van der Waals surface area contributed by atoms with Gasteiger partial charge in [0.15, 0.2) is 5.78 Å². The SMILES string of the molecule is CC=CN1CC(Sc2ccccc2)C(=O)C(c2cccc(Cl)c2)C1. The molecule has 1 saturated heterocycles. The second-order valence-corrected chi connectivity index (χ2v) is 7.58. The molecule has 2 nitrogen and oxygen atoms in total. The summed E-state index contributed by atoms with van der Waals surface area (Å²) in [5.74, 6) is 0.140. The van der Waals surface area contributed by atoms with Gasteiger partial charge >= 0.3 is 0 Å². The van der Waals surface area contributed by atoms with Gasteiger partial charge in [0, 0.05) is 23.0 Å². The maximum Gasteiger partial charge on any atom is 0.157 e. The molecule has 1 aliphatic heterocycles. The van der Waals surface area contributed by atoms with Crippen LogP contribution < -0.4 is 0 Å². The van der Waals surface area contributed by atoms with E-state index in [1.165, 1.54) is 0 Å². The average Bonchev–Trinajstić information content (AvgIpc) is 2.59. The molecular weight excluding hydrogens is 338 g/mol. The van der Waals surface area contributed by atoms with Crippen LogP contribution in [0.5, 0.6) is 0 Å². The molecule has 0 radical (unpaired) electrons.